The van der Waals surface area contributed by atoms with Crippen molar-refractivity contribution in [3.05, 3.63) is 23.9 Å². The first-order valence-electron chi connectivity index (χ1n) is 8.56. The van der Waals surface area contributed by atoms with Crippen LogP contribution in [0.1, 0.15) is 39.2 Å². The molecule has 0 radical (unpaired) electrons. The highest BCUT2D eigenvalue weighted by Crippen LogP contribution is 2.29. The van der Waals surface area contributed by atoms with Crippen LogP contribution < -0.4 is 4.74 Å². The van der Waals surface area contributed by atoms with Crippen molar-refractivity contribution in [2.24, 2.45) is 17.3 Å². The number of ether oxygens (including phenoxy) is 1. The summed E-state index contributed by atoms with van der Waals surface area (Å²) < 4.78 is 5.79. The number of carbonyl (C=O) groups excluding carboxylic acids is 1. The maximum Gasteiger partial charge on any atom is 0.216 e. The number of Topliss-reactive ketones (excluding diaryl/α,β-unsaturated/α-hetero) is 1. The van der Waals surface area contributed by atoms with Crippen molar-refractivity contribution in [2.45, 2.75) is 40.5 Å². The van der Waals surface area contributed by atoms with Gasteiger partial charge in [0.1, 0.15) is 12.4 Å². The van der Waals surface area contributed by atoms with Crippen molar-refractivity contribution in [1.82, 2.24) is 9.88 Å². The Bertz CT molecular complexity index is 542. The van der Waals surface area contributed by atoms with Crippen molar-refractivity contribution in [1.29, 1.82) is 0 Å². The maximum absolute atomic E-state index is 12.6. The minimum Gasteiger partial charge on any atom is -0.476 e. The van der Waals surface area contributed by atoms with E-state index in [9.17, 15) is 4.79 Å². The highest BCUT2D eigenvalue weighted by Gasteiger charge is 2.32. The molecule has 1 aliphatic heterocycles. The average molecular weight is 318 g/mol. The summed E-state index contributed by atoms with van der Waals surface area (Å²) in [7, 11) is 2.16. The van der Waals surface area contributed by atoms with Gasteiger partial charge in [-0.25, -0.2) is 4.98 Å². The van der Waals surface area contributed by atoms with Gasteiger partial charge in [-0.2, -0.15) is 0 Å². The molecule has 128 valence electrons. The lowest BCUT2D eigenvalue weighted by atomic mass is 9.83. The molecule has 4 nitrogen and oxygen atoms in total. The monoisotopic (exact) mass is 318 g/mol. The molecule has 0 aromatic carbocycles. The summed E-state index contributed by atoms with van der Waals surface area (Å²) in [5.41, 5.74) is 0.524. The van der Waals surface area contributed by atoms with Crippen molar-refractivity contribution >= 4 is 5.78 Å². The van der Waals surface area contributed by atoms with Crippen LogP contribution in [0.15, 0.2) is 18.3 Å². The fourth-order valence-electron chi connectivity index (χ4n) is 3.28. The number of aromatic nitrogens is 1. The Morgan fingerprint density at radius 1 is 1.43 bits per heavy atom. The van der Waals surface area contributed by atoms with Crippen LogP contribution in [-0.2, 0) is 4.79 Å². The largest absolute Gasteiger partial charge is 0.476 e. The molecule has 1 aromatic rings. The van der Waals surface area contributed by atoms with E-state index in [0.29, 0.717) is 30.7 Å². The van der Waals surface area contributed by atoms with E-state index in [-0.39, 0.29) is 5.78 Å². The number of hydrogen-bond donors (Lipinski definition) is 0. The number of rotatable bonds is 7. The summed E-state index contributed by atoms with van der Waals surface area (Å²) in [5, 5.41) is 0. The number of hydrogen-bond acceptors (Lipinski definition) is 4. The van der Waals surface area contributed by atoms with Gasteiger partial charge in [0, 0.05) is 31.3 Å². The van der Waals surface area contributed by atoms with Crippen LogP contribution in [0.2, 0.25) is 0 Å². The average Bonchev–Trinajstić information content (AvgIpc) is 2.81. The second kappa shape index (κ2) is 7.43. The lowest BCUT2D eigenvalue weighted by Gasteiger charge is -2.24. The van der Waals surface area contributed by atoms with Gasteiger partial charge in [0.2, 0.25) is 5.88 Å². The summed E-state index contributed by atoms with van der Waals surface area (Å²) in [6, 6.07) is 3.85. The molecule has 2 rings (SSSR count). The Morgan fingerprint density at radius 3 is 2.78 bits per heavy atom. The fourth-order valence-corrected chi connectivity index (χ4v) is 3.28. The van der Waals surface area contributed by atoms with Crippen LogP contribution in [0.3, 0.4) is 0 Å². The van der Waals surface area contributed by atoms with Gasteiger partial charge in [0.25, 0.3) is 0 Å². The molecule has 2 heterocycles. The van der Waals surface area contributed by atoms with Crippen molar-refractivity contribution in [3.8, 4) is 5.88 Å². The van der Waals surface area contributed by atoms with Crippen LogP contribution in [0.5, 0.6) is 5.88 Å². The molecule has 0 spiro atoms. The van der Waals surface area contributed by atoms with Crippen molar-refractivity contribution in [3.63, 3.8) is 0 Å². The van der Waals surface area contributed by atoms with E-state index in [1.165, 1.54) is 0 Å². The normalized spacial score (nSPS) is 22.3. The number of pyridine rings is 1. The number of nitrogens with zero attached hydrogens (tertiary/aromatic N) is 2. The standard InChI is InChI=1S/C19H30N2O2/c1-14-7-6-10-20-18(14)23-13-19(3,4)17(22)9-8-16-12-21(5)11-15(16)2/h6-7,10,15-16H,8-9,11-13H2,1-5H3/t15-,16-/m1/s1. The molecule has 0 bridgehead atoms. The van der Waals surface area contributed by atoms with Gasteiger partial charge in [-0.1, -0.05) is 13.0 Å². The molecule has 0 N–H and O–H groups in total. The highest BCUT2D eigenvalue weighted by atomic mass is 16.5. The molecule has 1 aromatic heterocycles. The molecule has 0 amide bonds. The van der Waals surface area contributed by atoms with Crippen LogP contribution in [-0.4, -0.2) is 42.4 Å². The highest BCUT2D eigenvalue weighted by molar-refractivity contribution is 5.84. The van der Waals surface area contributed by atoms with E-state index in [4.69, 9.17) is 4.74 Å². The number of aryl methyl sites for hydroxylation is 1. The molecule has 1 saturated heterocycles. The molecular weight excluding hydrogens is 288 g/mol. The predicted molar refractivity (Wildman–Crippen MR) is 92.6 cm³/mol. The minimum atomic E-state index is -0.474. The molecule has 2 atom stereocenters. The van der Waals surface area contributed by atoms with Gasteiger partial charge < -0.3 is 9.64 Å². The predicted octanol–water partition coefficient (Wildman–Crippen LogP) is 3.34. The Labute approximate surface area is 140 Å². The zero-order chi connectivity index (χ0) is 17.0. The third-order valence-corrected chi connectivity index (χ3v) is 4.98. The summed E-state index contributed by atoms with van der Waals surface area (Å²) in [4.78, 5) is 19.2. The smallest absolute Gasteiger partial charge is 0.216 e. The fraction of sp³-hybridized carbons (Fsp3) is 0.684. The Kier molecular flexibility index (Phi) is 5.79. The Morgan fingerprint density at radius 2 is 2.17 bits per heavy atom. The minimum absolute atomic E-state index is 0.285. The summed E-state index contributed by atoms with van der Waals surface area (Å²) in [6.45, 7) is 10.8. The lowest BCUT2D eigenvalue weighted by molar-refractivity contribution is -0.129. The summed E-state index contributed by atoms with van der Waals surface area (Å²) in [6.07, 6.45) is 3.34. The van der Waals surface area contributed by atoms with E-state index in [0.717, 1.165) is 25.1 Å². The maximum atomic E-state index is 12.6. The molecule has 1 aliphatic rings. The van der Waals surface area contributed by atoms with Gasteiger partial charge >= 0.3 is 0 Å². The summed E-state index contributed by atoms with van der Waals surface area (Å²) >= 11 is 0. The van der Waals surface area contributed by atoms with Crippen LogP contribution in [0, 0.1) is 24.2 Å². The zero-order valence-corrected chi connectivity index (χ0v) is 15.1. The van der Waals surface area contributed by atoms with Gasteiger partial charge in [-0.15, -0.1) is 0 Å². The molecule has 1 fully saturated rings. The number of likely N-dealkylation sites (tertiary alicyclic amines) is 1. The molecule has 0 unspecified atom stereocenters. The zero-order valence-electron chi connectivity index (χ0n) is 15.1. The molecular formula is C19H30N2O2. The van der Waals surface area contributed by atoms with Gasteiger partial charge in [0.15, 0.2) is 0 Å². The van der Waals surface area contributed by atoms with E-state index in [1.807, 2.05) is 32.9 Å². The first-order chi connectivity index (χ1) is 10.8. The third-order valence-electron chi connectivity index (χ3n) is 4.98. The Hall–Kier alpha value is -1.42. The number of ketones is 1. The van der Waals surface area contributed by atoms with Crippen molar-refractivity contribution < 1.29 is 9.53 Å². The summed E-state index contributed by atoms with van der Waals surface area (Å²) in [5.74, 6) is 2.23. The Balaban J connectivity index is 1.84. The lowest BCUT2D eigenvalue weighted by Crippen LogP contribution is -2.32. The quantitative estimate of drug-likeness (QED) is 0.773. The van der Waals surface area contributed by atoms with E-state index in [2.05, 4.69) is 23.9 Å². The van der Waals surface area contributed by atoms with E-state index < -0.39 is 5.41 Å². The SMILES string of the molecule is Cc1cccnc1OCC(C)(C)C(=O)CC[C@@H]1CN(C)C[C@H]1C. The topological polar surface area (TPSA) is 42.4 Å². The molecule has 0 aliphatic carbocycles. The van der Waals surface area contributed by atoms with Crippen LogP contribution in [0.4, 0.5) is 0 Å². The first-order valence-corrected chi connectivity index (χ1v) is 8.56. The van der Waals surface area contributed by atoms with Crippen LogP contribution >= 0.6 is 0 Å². The second-order valence-electron chi connectivity index (χ2n) is 7.72. The molecule has 23 heavy (non-hydrogen) atoms. The number of carbonyl (C=O) groups is 1. The van der Waals surface area contributed by atoms with E-state index in [1.54, 1.807) is 6.20 Å². The molecule has 4 heteroatoms. The van der Waals surface area contributed by atoms with E-state index >= 15 is 0 Å². The molecule has 0 saturated carbocycles. The third kappa shape index (κ3) is 4.77. The van der Waals surface area contributed by atoms with Crippen LogP contribution in [0.25, 0.3) is 0 Å². The van der Waals surface area contributed by atoms with Crippen molar-refractivity contribution in [2.75, 3.05) is 26.7 Å². The van der Waals surface area contributed by atoms with Gasteiger partial charge in [-0.05, 0) is 52.1 Å². The van der Waals surface area contributed by atoms with Gasteiger partial charge in [0.05, 0.1) is 5.41 Å². The van der Waals surface area contributed by atoms with Gasteiger partial charge in [-0.3, -0.25) is 4.79 Å². The first kappa shape index (κ1) is 17.9. The second-order valence-corrected chi connectivity index (χ2v) is 7.72.